The first-order valence-electron chi connectivity index (χ1n) is 8.09. The lowest BCUT2D eigenvalue weighted by Gasteiger charge is -2.19. The van der Waals surface area contributed by atoms with Crippen LogP contribution >= 0.6 is 0 Å². The van der Waals surface area contributed by atoms with Crippen molar-refractivity contribution in [3.63, 3.8) is 0 Å². The summed E-state index contributed by atoms with van der Waals surface area (Å²) in [5.74, 6) is -0.294. The van der Waals surface area contributed by atoms with Crippen molar-refractivity contribution in [2.75, 3.05) is 31.0 Å². The van der Waals surface area contributed by atoms with Crippen molar-refractivity contribution in [3.8, 4) is 0 Å². The van der Waals surface area contributed by atoms with Crippen LogP contribution < -0.4 is 14.9 Å². The minimum absolute atomic E-state index is 0.0817. The van der Waals surface area contributed by atoms with Crippen molar-refractivity contribution in [3.05, 3.63) is 60.2 Å². The summed E-state index contributed by atoms with van der Waals surface area (Å²) in [5, 5.41) is 5.87. The molecule has 0 heterocycles. The molecule has 1 amide bonds. The second-order valence-corrected chi connectivity index (χ2v) is 7.41. The third kappa shape index (κ3) is 4.80. The molecule has 2 N–H and O–H groups in total. The summed E-state index contributed by atoms with van der Waals surface area (Å²) >= 11 is 0. The van der Waals surface area contributed by atoms with Gasteiger partial charge in [0.25, 0.3) is 15.9 Å². The topological polar surface area (TPSA) is 78.5 Å². The molecule has 0 spiro atoms. The molecule has 0 radical (unpaired) electrons. The maximum Gasteiger partial charge on any atom is 0.264 e. The molecular weight excluding hydrogens is 338 g/mol. The van der Waals surface area contributed by atoms with E-state index in [1.807, 2.05) is 13.0 Å². The van der Waals surface area contributed by atoms with E-state index in [-0.39, 0.29) is 10.8 Å². The lowest BCUT2D eigenvalue weighted by molar-refractivity contribution is 0.0953. The highest BCUT2D eigenvalue weighted by Gasteiger charge is 2.22. The van der Waals surface area contributed by atoms with Crippen LogP contribution in [-0.4, -0.2) is 41.0 Å². The Bertz CT molecular complexity index is 807. The average Bonchev–Trinajstić information content (AvgIpc) is 2.65. The maximum absolute atomic E-state index is 12.8. The molecule has 0 atom stereocenters. The third-order valence-electron chi connectivity index (χ3n) is 3.71. The Labute approximate surface area is 148 Å². The normalized spacial score (nSPS) is 11.1. The Morgan fingerprint density at radius 2 is 1.76 bits per heavy atom. The van der Waals surface area contributed by atoms with E-state index in [0.717, 1.165) is 6.54 Å². The van der Waals surface area contributed by atoms with Crippen LogP contribution in [0.25, 0.3) is 0 Å². The van der Waals surface area contributed by atoms with E-state index in [1.54, 1.807) is 36.4 Å². The van der Waals surface area contributed by atoms with Crippen molar-refractivity contribution < 1.29 is 13.2 Å². The van der Waals surface area contributed by atoms with Gasteiger partial charge in [-0.25, -0.2) is 8.42 Å². The standard InChI is InChI=1S/C18H23N3O3S/c1-3-19-12-13-20-18(22)15-8-7-11-17(14-15)25(23,24)21(2)16-9-5-4-6-10-16/h4-11,14,19H,3,12-13H2,1-2H3,(H,20,22). The molecule has 6 nitrogen and oxygen atoms in total. The fourth-order valence-corrected chi connectivity index (χ4v) is 3.52. The predicted molar refractivity (Wildman–Crippen MR) is 99.3 cm³/mol. The van der Waals surface area contributed by atoms with Gasteiger partial charge in [-0.2, -0.15) is 0 Å². The molecule has 2 aromatic rings. The number of nitrogens with one attached hydrogen (secondary N) is 2. The summed E-state index contributed by atoms with van der Waals surface area (Å²) in [7, 11) is -2.24. The smallest absolute Gasteiger partial charge is 0.264 e. The molecule has 0 saturated heterocycles. The van der Waals surface area contributed by atoms with Crippen molar-refractivity contribution in [1.29, 1.82) is 0 Å². The molecule has 0 aliphatic carbocycles. The molecule has 0 aliphatic heterocycles. The fraction of sp³-hybridized carbons (Fsp3) is 0.278. The Balaban J connectivity index is 2.18. The largest absolute Gasteiger partial charge is 0.351 e. The van der Waals surface area contributed by atoms with Crippen LogP contribution in [0.5, 0.6) is 0 Å². The molecule has 0 bridgehead atoms. The molecular formula is C18H23N3O3S. The van der Waals surface area contributed by atoms with Gasteiger partial charge >= 0.3 is 0 Å². The molecule has 0 aliphatic rings. The van der Waals surface area contributed by atoms with E-state index in [4.69, 9.17) is 0 Å². The average molecular weight is 361 g/mol. The zero-order valence-corrected chi connectivity index (χ0v) is 15.2. The second kappa shape index (κ2) is 8.64. The van der Waals surface area contributed by atoms with Gasteiger partial charge in [0.1, 0.15) is 0 Å². The fourth-order valence-electron chi connectivity index (χ4n) is 2.28. The lowest BCUT2D eigenvalue weighted by atomic mass is 10.2. The van der Waals surface area contributed by atoms with Gasteiger partial charge in [0.15, 0.2) is 0 Å². The van der Waals surface area contributed by atoms with Crippen LogP contribution in [0.1, 0.15) is 17.3 Å². The van der Waals surface area contributed by atoms with Crippen LogP contribution in [0.15, 0.2) is 59.5 Å². The number of carbonyl (C=O) groups is 1. The molecule has 0 unspecified atom stereocenters. The first-order chi connectivity index (χ1) is 12.0. The van der Waals surface area contributed by atoms with E-state index < -0.39 is 10.0 Å². The molecule has 25 heavy (non-hydrogen) atoms. The lowest BCUT2D eigenvalue weighted by Crippen LogP contribution is -2.32. The van der Waals surface area contributed by atoms with E-state index in [0.29, 0.717) is 24.3 Å². The van der Waals surface area contributed by atoms with Gasteiger partial charge < -0.3 is 10.6 Å². The number of hydrogen-bond donors (Lipinski definition) is 2. The number of amides is 1. The van der Waals surface area contributed by atoms with Crippen molar-refractivity contribution in [2.24, 2.45) is 0 Å². The monoisotopic (exact) mass is 361 g/mol. The number of anilines is 1. The van der Waals surface area contributed by atoms with E-state index in [9.17, 15) is 13.2 Å². The Hall–Kier alpha value is -2.38. The number of benzene rings is 2. The Morgan fingerprint density at radius 1 is 1.04 bits per heavy atom. The number of nitrogens with zero attached hydrogens (tertiary/aromatic N) is 1. The first-order valence-corrected chi connectivity index (χ1v) is 9.53. The molecule has 0 saturated carbocycles. The number of carbonyl (C=O) groups excluding carboxylic acids is 1. The molecule has 0 fully saturated rings. The highest BCUT2D eigenvalue weighted by molar-refractivity contribution is 7.92. The highest BCUT2D eigenvalue weighted by Crippen LogP contribution is 2.22. The highest BCUT2D eigenvalue weighted by atomic mass is 32.2. The minimum Gasteiger partial charge on any atom is -0.351 e. The summed E-state index contributed by atoms with van der Waals surface area (Å²) in [5.41, 5.74) is 0.877. The summed E-state index contributed by atoms with van der Waals surface area (Å²) in [6, 6.07) is 14.9. The SMILES string of the molecule is CCNCCNC(=O)c1cccc(S(=O)(=O)N(C)c2ccccc2)c1. The zero-order chi connectivity index (χ0) is 18.3. The third-order valence-corrected chi connectivity index (χ3v) is 5.49. The van der Waals surface area contributed by atoms with Crippen LogP contribution in [0.4, 0.5) is 5.69 Å². The number of likely N-dealkylation sites (N-methyl/N-ethyl adjacent to an activating group) is 1. The van der Waals surface area contributed by atoms with E-state index >= 15 is 0 Å². The van der Waals surface area contributed by atoms with Gasteiger partial charge in [0, 0.05) is 25.7 Å². The van der Waals surface area contributed by atoms with E-state index in [1.165, 1.54) is 23.5 Å². The van der Waals surface area contributed by atoms with Crippen LogP contribution in [0.3, 0.4) is 0 Å². The van der Waals surface area contributed by atoms with Crippen LogP contribution in [-0.2, 0) is 10.0 Å². The van der Waals surface area contributed by atoms with E-state index in [2.05, 4.69) is 10.6 Å². The summed E-state index contributed by atoms with van der Waals surface area (Å²) in [4.78, 5) is 12.3. The summed E-state index contributed by atoms with van der Waals surface area (Å²) in [6.45, 7) is 3.96. The Morgan fingerprint density at radius 3 is 2.44 bits per heavy atom. The summed E-state index contributed by atoms with van der Waals surface area (Å²) < 4.78 is 26.8. The van der Waals surface area contributed by atoms with Crippen molar-refractivity contribution in [2.45, 2.75) is 11.8 Å². The predicted octanol–water partition coefficient (Wildman–Crippen LogP) is 1.85. The Kier molecular flexibility index (Phi) is 6.55. The maximum atomic E-state index is 12.8. The number of sulfonamides is 1. The number of rotatable bonds is 8. The quantitative estimate of drug-likeness (QED) is 0.704. The second-order valence-electron chi connectivity index (χ2n) is 5.45. The van der Waals surface area contributed by atoms with Gasteiger partial charge in [-0.1, -0.05) is 31.2 Å². The molecule has 134 valence electrons. The zero-order valence-electron chi connectivity index (χ0n) is 14.4. The summed E-state index contributed by atoms with van der Waals surface area (Å²) in [6.07, 6.45) is 0. The molecule has 2 rings (SSSR count). The number of para-hydroxylation sites is 1. The van der Waals surface area contributed by atoms with Gasteiger partial charge in [-0.3, -0.25) is 9.10 Å². The van der Waals surface area contributed by atoms with Gasteiger partial charge in [-0.05, 0) is 36.9 Å². The van der Waals surface area contributed by atoms with Gasteiger partial charge in [-0.15, -0.1) is 0 Å². The van der Waals surface area contributed by atoms with Crippen LogP contribution in [0.2, 0.25) is 0 Å². The molecule has 7 heteroatoms. The number of hydrogen-bond acceptors (Lipinski definition) is 4. The van der Waals surface area contributed by atoms with Gasteiger partial charge in [0.05, 0.1) is 10.6 Å². The van der Waals surface area contributed by atoms with Crippen LogP contribution in [0, 0.1) is 0 Å². The molecule has 0 aromatic heterocycles. The first kappa shape index (κ1) is 19.0. The van der Waals surface area contributed by atoms with Gasteiger partial charge in [0.2, 0.25) is 0 Å². The minimum atomic E-state index is -3.74. The molecule has 2 aromatic carbocycles. The van der Waals surface area contributed by atoms with Crippen molar-refractivity contribution >= 4 is 21.6 Å². The van der Waals surface area contributed by atoms with Crippen molar-refractivity contribution in [1.82, 2.24) is 10.6 Å².